The zero-order valence-electron chi connectivity index (χ0n) is 16.8. The number of hydrogen-bond acceptors (Lipinski definition) is 7. The Morgan fingerprint density at radius 1 is 1.20 bits per heavy atom. The minimum atomic E-state index is -0.0747. The van der Waals surface area contributed by atoms with Crippen LogP contribution in [-0.2, 0) is 10.5 Å². The summed E-state index contributed by atoms with van der Waals surface area (Å²) < 4.78 is 6.76. The SMILES string of the molecule is COc1ccc(N2CCCN(C(=O)CSCc3cc(=O)n4ccsc4n3)CC2)cc1. The lowest BCUT2D eigenvalue weighted by atomic mass is 10.2. The monoisotopic (exact) mass is 444 g/mol. The first kappa shape index (κ1) is 20.7. The minimum Gasteiger partial charge on any atom is -0.497 e. The molecule has 1 aliphatic rings. The normalized spacial score (nSPS) is 14.7. The van der Waals surface area contributed by atoms with E-state index in [1.54, 1.807) is 19.4 Å². The molecule has 0 N–H and O–H groups in total. The zero-order chi connectivity index (χ0) is 20.9. The lowest BCUT2D eigenvalue weighted by Gasteiger charge is -2.24. The third-order valence-corrected chi connectivity index (χ3v) is 6.83. The number of fused-ring (bicyclic) bond motifs is 1. The Balaban J connectivity index is 1.28. The number of amides is 1. The van der Waals surface area contributed by atoms with Gasteiger partial charge in [0, 0.05) is 55.3 Å². The van der Waals surface area contributed by atoms with Crippen LogP contribution < -0.4 is 15.2 Å². The largest absolute Gasteiger partial charge is 0.497 e. The molecule has 0 saturated carbocycles. The zero-order valence-corrected chi connectivity index (χ0v) is 18.5. The van der Waals surface area contributed by atoms with Crippen LogP contribution in [0.15, 0.2) is 46.7 Å². The van der Waals surface area contributed by atoms with Crippen molar-refractivity contribution in [3.8, 4) is 5.75 Å². The van der Waals surface area contributed by atoms with E-state index < -0.39 is 0 Å². The first-order valence-corrected chi connectivity index (χ1v) is 11.9. The topological polar surface area (TPSA) is 67.2 Å². The van der Waals surface area contributed by atoms with E-state index in [0.717, 1.165) is 43.2 Å². The lowest BCUT2D eigenvalue weighted by Crippen LogP contribution is -2.36. The summed E-state index contributed by atoms with van der Waals surface area (Å²) in [6.07, 6.45) is 2.67. The summed E-state index contributed by atoms with van der Waals surface area (Å²) in [7, 11) is 1.66. The summed E-state index contributed by atoms with van der Waals surface area (Å²) in [5, 5.41) is 1.85. The van der Waals surface area contributed by atoms with Gasteiger partial charge in [0.15, 0.2) is 4.96 Å². The molecule has 1 amide bonds. The molecule has 1 saturated heterocycles. The number of carbonyl (C=O) groups is 1. The molecule has 9 heteroatoms. The Morgan fingerprint density at radius 3 is 2.83 bits per heavy atom. The van der Waals surface area contributed by atoms with Crippen LogP contribution in [0, 0.1) is 0 Å². The van der Waals surface area contributed by atoms with Crippen molar-refractivity contribution in [2.45, 2.75) is 12.2 Å². The maximum Gasteiger partial charge on any atom is 0.258 e. The molecule has 0 bridgehead atoms. The van der Waals surface area contributed by atoms with E-state index in [2.05, 4.69) is 22.0 Å². The van der Waals surface area contributed by atoms with Crippen LogP contribution in [0.4, 0.5) is 5.69 Å². The number of anilines is 1. The molecule has 2 aromatic heterocycles. The van der Waals surface area contributed by atoms with Gasteiger partial charge in [0.2, 0.25) is 5.91 Å². The van der Waals surface area contributed by atoms with Crippen LogP contribution >= 0.6 is 23.1 Å². The Hall–Kier alpha value is -2.52. The van der Waals surface area contributed by atoms with Crippen molar-refractivity contribution in [1.82, 2.24) is 14.3 Å². The maximum absolute atomic E-state index is 12.7. The molecule has 7 nitrogen and oxygen atoms in total. The van der Waals surface area contributed by atoms with Crippen LogP contribution in [0.2, 0.25) is 0 Å². The van der Waals surface area contributed by atoms with Gasteiger partial charge in [-0.25, -0.2) is 4.98 Å². The number of thioether (sulfide) groups is 1. The fraction of sp³-hybridized carbons (Fsp3) is 0.381. The molecule has 0 unspecified atom stereocenters. The number of thiazole rings is 1. The van der Waals surface area contributed by atoms with Crippen molar-refractivity contribution in [2.24, 2.45) is 0 Å². The fourth-order valence-electron chi connectivity index (χ4n) is 3.51. The average Bonchev–Trinajstić information content (AvgIpc) is 3.10. The highest BCUT2D eigenvalue weighted by molar-refractivity contribution is 7.99. The molecular weight excluding hydrogens is 420 g/mol. The first-order chi connectivity index (χ1) is 14.6. The van der Waals surface area contributed by atoms with Gasteiger partial charge in [0.25, 0.3) is 5.56 Å². The van der Waals surface area contributed by atoms with Crippen LogP contribution in [-0.4, -0.2) is 59.2 Å². The van der Waals surface area contributed by atoms with Crippen molar-refractivity contribution in [3.63, 3.8) is 0 Å². The minimum absolute atomic E-state index is 0.0747. The predicted molar refractivity (Wildman–Crippen MR) is 122 cm³/mol. The second-order valence-corrected chi connectivity index (χ2v) is 8.91. The second-order valence-electron chi connectivity index (χ2n) is 7.05. The number of nitrogens with zero attached hydrogens (tertiary/aromatic N) is 4. The maximum atomic E-state index is 12.7. The lowest BCUT2D eigenvalue weighted by molar-refractivity contribution is -0.128. The van der Waals surface area contributed by atoms with E-state index in [1.807, 2.05) is 22.4 Å². The summed E-state index contributed by atoms with van der Waals surface area (Å²) in [5.74, 6) is 1.94. The number of rotatable bonds is 6. The number of methoxy groups -OCH3 is 1. The molecule has 1 aromatic carbocycles. The summed E-state index contributed by atoms with van der Waals surface area (Å²) in [5.41, 5.74) is 1.80. The van der Waals surface area contributed by atoms with Crippen LogP contribution in [0.1, 0.15) is 12.1 Å². The highest BCUT2D eigenvalue weighted by atomic mass is 32.2. The van der Waals surface area contributed by atoms with E-state index in [4.69, 9.17) is 4.74 Å². The Kier molecular flexibility index (Phi) is 6.59. The standard InChI is InChI=1S/C21H24N4O3S2/c1-28-18-5-3-17(4-6-18)23-7-2-8-24(10-9-23)20(27)15-29-14-16-13-19(26)25-11-12-30-21(25)22-16/h3-6,11-13H,2,7-10,14-15H2,1H3. The number of carbonyl (C=O) groups excluding carboxylic acids is 1. The molecule has 0 radical (unpaired) electrons. The Morgan fingerprint density at radius 2 is 2.03 bits per heavy atom. The summed E-state index contributed by atoms with van der Waals surface area (Å²) in [4.78, 5) is 34.2. The van der Waals surface area contributed by atoms with Gasteiger partial charge >= 0.3 is 0 Å². The molecular formula is C21H24N4O3S2. The molecule has 3 aromatic rings. The number of aromatic nitrogens is 2. The van der Waals surface area contributed by atoms with Crippen LogP contribution in [0.5, 0.6) is 5.75 Å². The summed E-state index contributed by atoms with van der Waals surface area (Å²) >= 11 is 2.95. The fourth-order valence-corrected chi connectivity index (χ4v) is 5.07. The molecule has 0 atom stereocenters. The van der Waals surface area contributed by atoms with Gasteiger partial charge in [-0.15, -0.1) is 23.1 Å². The van der Waals surface area contributed by atoms with Gasteiger partial charge in [0.1, 0.15) is 5.75 Å². The first-order valence-electron chi connectivity index (χ1n) is 9.84. The quantitative estimate of drug-likeness (QED) is 0.582. The van der Waals surface area contributed by atoms with E-state index in [-0.39, 0.29) is 11.5 Å². The van der Waals surface area contributed by atoms with Gasteiger partial charge in [0.05, 0.1) is 18.6 Å². The summed E-state index contributed by atoms with van der Waals surface area (Å²) in [6.45, 7) is 3.23. The third-order valence-electron chi connectivity index (χ3n) is 5.12. The van der Waals surface area contributed by atoms with Gasteiger partial charge in [-0.3, -0.25) is 14.0 Å². The van der Waals surface area contributed by atoms with Crippen molar-refractivity contribution < 1.29 is 9.53 Å². The Labute approximate surface area is 183 Å². The predicted octanol–water partition coefficient (Wildman–Crippen LogP) is 2.74. The van der Waals surface area contributed by atoms with Crippen LogP contribution in [0.25, 0.3) is 4.96 Å². The highest BCUT2D eigenvalue weighted by Gasteiger charge is 2.19. The van der Waals surface area contributed by atoms with Crippen molar-refractivity contribution in [3.05, 3.63) is 58.0 Å². The molecule has 4 rings (SSSR count). The molecule has 0 aliphatic carbocycles. The molecule has 30 heavy (non-hydrogen) atoms. The number of benzene rings is 1. The van der Waals surface area contributed by atoms with Crippen molar-refractivity contribution in [1.29, 1.82) is 0 Å². The van der Waals surface area contributed by atoms with E-state index in [9.17, 15) is 9.59 Å². The molecule has 0 spiro atoms. The number of hydrogen-bond donors (Lipinski definition) is 0. The van der Waals surface area contributed by atoms with Gasteiger partial charge in [-0.2, -0.15) is 0 Å². The van der Waals surface area contributed by atoms with Crippen molar-refractivity contribution in [2.75, 3.05) is 43.9 Å². The second kappa shape index (κ2) is 9.53. The molecule has 158 valence electrons. The van der Waals surface area contributed by atoms with Crippen LogP contribution in [0.3, 0.4) is 0 Å². The van der Waals surface area contributed by atoms with Gasteiger partial charge in [-0.05, 0) is 30.7 Å². The highest BCUT2D eigenvalue weighted by Crippen LogP contribution is 2.21. The summed E-state index contributed by atoms with van der Waals surface area (Å²) in [6, 6.07) is 9.61. The van der Waals surface area contributed by atoms with Gasteiger partial charge < -0.3 is 14.5 Å². The molecule has 1 aliphatic heterocycles. The smallest absolute Gasteiger partial charge is 0.258 e. The van der Waals surface area contributed by atoms with E-state index in [1.165, 1.54) is 27.5 Å². The average molecular weight is 445 g/mol. The van der Waals surface area contributed by atoms with E-state index in [0.29, 0.717) is 23.0 Å². The third kappa shape index (κ3) is 4.79. The molecule has 1 fully saturated rings. The van der Waals surface area contributed by atoms with Gasteiger partial charge in [-0.1, -0.05) is 0 Å². The Bertz CT molecular complexity index is 1060. The molecule has 3 heterocycles. The van der Waals surface area contributed by atoms with E-state index >= 15 is 0 Å². The number of ether oxygens (including phenoxy) is 1. The van der Waals surface area contributed by atoms with Crippen molar-refractivity contribution >= 4 is 39.7 Å².